The summed E-state index contributed by atoms with van der Waals surface area (Å²) in [6.45, 7) is 0.346. The van der Waals surface area contributed by atoms with Crippen molar-refractivity contribution in [1.29, 1.82) is 0 Å². The van der Waals surface area contributed by atoms with Gasteiger partial charge in [-0.15, -0.1) is 10.2 Å². The Morgan fingerprint density at radius 1 is 1.06 bits per heavy atom. The summed E-state index contributed by atoms with van der Waals surface area (Å²) in [5, 5.41) is 18.1. The van der Waals surface area contributed by atoms with Crippen LogP contribution >= 0.6 is 34.7 Å². The molecule has 0 unspecified atom stereocenters. The number of nitrogens with zero attached hydrogens (tertiary/aromatic N) is 3. The van der Waals surface area contributed by atoms with E-state index < -0.39 is 5.91 Å². The van der Waals surface area contributed by atoms with E-state index in [1.165, 1.54) is 23.1 Å². The Morgan fingerprint density at radius 2 is 1.84 bits per heavy atom. The van der Waals surface area contributed by atoms with Crippen LogP contribution in [0.5, 0.6) is 0 Å². The minimum Gasteiger partial charge on any atom is -0.355 e. The van der Waals surface area contributed by atoms with Crippen LogP contribution in [0.2, 0.25) is 5.02 Å². The first-order valence-corrected chi connectivity index (χ1v) is 11.6. The molecule has 2 aromatic carbocycles. The molecule has 2 amide bonds. The molecule has 4 rings (SSSR count). The summed E-state index contributed by atoms with van der Waals surface area (Å²) in [6.07, 6.45) is 0. The highest BCUT2D eigenvalue weighted by molar-refractivity contribution is 8.01. The molecule has 2 N–H and O–H groups in total. The van der Waals surface area contributed by atoms with E-state index in [0.29, 0.717) is 26.8 Å². The summed E-state index contributed by atoms with van der Waals surface area (Å²) >= 11 is 8.48. The van der Waals surface area contributed by atoms with Gasteiger partial charge in [-0.25, -0.2) is 0 Å². The summed E-state index contributed by atoms with van der Waals surface area (Å²) < 4.78 is 5.80. The van der Waals surface area contributed by atoms with E-state index in [-0.39, 0.29) is 17.4 Å². The van der Waals surface area contributed by atoms with E-state index in [4.69, 9.17) is 16.1 Å². The van der Waals surface area contributed by atoms with Gasteiger partial charge >= 0.3 is 0 Å². The highest BCUT2D eigenvalue weighted by Crippen LogP contribution is 2.26. The molecule has 0 saturated carbocycles. The van der Waals surface area contributed by atoms with Gasteiger partial charge in [0.2, 0.25) is 11.0 Å². The number of benzene rings is 2. The minimum absolute atomic E-state index is 0.132. The normalized spacial score (nSPS) is 10.7. The van der Waals surface area contributed by atoms with Gasteiger partial charge in [0, 0.05) is 23.2 Å². The Hall–Kier alpha value is -3.21. The Bertz CT molecular complexity index is 1230. The molecule has 32 heavy (non-hydrogen) atoms. The van der Waals surface area contributed by atoms with E-state index in [1.807, 2.05) is 48.5 Å². The zero-order valence-corrected chi connectivity index (χ0v) is 18.8. The number of carbonyl (C=O) groups is 2. The number of hydrogen-bond donors (Lipinski definition) is 2. The molecule has 0 fully saturated rings. The molecule has 0 aliphatic heterocycles. The number of carbonyl (C=O) groups excluding carboxylic acids is 2. The van der Waals surface area contributed by atoms with E-state index >= 15 is 0 Å². The van der Waals surface area contributed by atoms with Gasteiger partial charge in [-0.3, -0.25) is 14.9 Å². The number of aromatic nitrogens is 3. The van der Waals surface area contributed by atoms with Crippen LogP contribution in [-0.4, -0.2) is 32.9 Å². The van der Waals surface area contributed by atoms with Gasteiger partial charge < -0.3 is 9.84 Å². The SMILES string of the molecule is O=C(CSc1nnc(NC(=O)c2cc(-c3ccccc3)on2)s1)NCc1ccccc1Cl. The van der Waals surface area contributed by atoms with Crippen molar-refractivity contribution in [1.82, 2.24) is 20.7 Å². The van der Waals surface area contributed by atoms with E-state index in [0.717, 1.165) is 11.1 Å². The standard InChI is InChI=1S/C21H16ClN5O3S2/c22-15-9-5-4-8-14(15)11-23-18(28)12-31-21-26-25-20(32-21)24-19(29)16-10-17(30-27-16)13-6-2-1-3-7-13/h1-10H,11-12H2,(H,23,28)(H,24,25,29). The molecule has 0 saturated heterocycles. The quantitative estimate of drug-likeness (QED) is 0.279. The average Bonchev–Trinajstić information content (AvgIpc) is 3.48. The topological polar surface area (TPSA) is 110 Å². The molecule has 0 atom stereocenters. The van der Waals surface area contributed by atoms with E-state index in [9.17, 15) is 9.59 Å². The van der Waals surface area contributed by atoms with Gasteiger partial charge in [0.1, 0.15) is 0 Å². The third-order valence-electron chi connectivity index (χ3n) is 4.19. The van der Waals surface area contributed by atoms with Crippen molar-refractivity contribution < 1.29 is 14.1 Å². The second kappa shape index (κ2) is 10.4. The van der Waals surface area contributed by atoms with Crippen LogP contribution in [0, 0.1) is 0 Å². The maximum Gasteiger partial charge on any atom is 0.279 e. The number of nitrogens with one attached hydrogen (secondary N) is 2. The van der Waals surface area contributed by atoms with Crippen LogP contribution in [0.3, 0.4) is 0 Å². The van der Waals surface area contributed by atoms with Crippen LogP contribution in [0.4, 0.5) is 5.13 Å². The van der Waals surface area contributed by atoms with Gasteiger partial charge in [-0.2, -0.15) is 0 Å². The molecule has 0 radical (unpaired) electrons. The third kappa shape index (κ3) is 5.72. The first-order chi connectivity index (χ1) is 15.6. The Kier molecular flexibility index (Phi) is 7.15. The molecule has 0 spiro atoms. The molecule has 0 aliphatic carbocycles. The Morgan fingerprint density at radius 3 is 2.66 bits per heavy atom. The fraction of sp³-hybridized carbons (Fsp3) is 0.0952. The van der Waals surface area contributed by atoms with Crippen molar-refractivity contribution in [2.24, 2.45) is 0 Å². The fourth-order valence-corrected chi connectivity index (χ4v) is 4.39. The van der Waals surface area contributed by atoms with Gasteiger partial charge in [0.05, 0.1) is 5.75 Å². The first-order valence-electron chi connectivity index (χ1n) is 9.38. The second-order valence-electron chi connectivity index (χ2n) is 6.43. The predicted octanol–water partition coefficient (Wildman–Crippen LogP) is 4.51. The summed E-state index contributed by atoms with van der Waals surface area (Å²) in [5.74, 6) is 0.0384. The number of amides is 2. The zero-order valence-electron chi connectivity index (χ0n) is 16.4. The average molecular weight is 486 g/mol. The van der Waals surface area contributed by atoms with Crippen molar-refractivity contribution in [3.63, 3.8) is 0 Å². The summed E-state index contributed by atoms with van der Waals surface area (Å²) in [4.78, 5) is 24.5. The van der Waals surface area contributed by atoms with E-state index in [1.54, 1.807) is 12.1 Å². The highest BCUT2D eigenvalue weighted by Gasteiger charge is 2.16. The Labute approximate surface area is 196 Å². The van der Waals surface area contributed by atoms with Gasteiger partial charge in [-0.05, 0) is 11.6 Å². The lowest BCUT2D eigenvalue weighted by molar-refractivity contribution is -0.118. The van der Waals surface area contributed by atoms with Crippen LogP contribution < -0.4 is 10.6 Å². The molecule has 2 aromatic heterocycles. The van der Waals surface area contributed by atoms with Crippen LogP contribution in [0.25, 0.3) is 11.3 Å². The number of rotatable bonds is 8. The van der Waals surface area contributed by atoms with Crippen molar-refractivity contribution in [2.75, 3.05) is 11.1 Å². The molecule has 0 aliphatic rings. The second-order valence-corrected chi connectivity index (χ2v) is 9.03. The molecular weight excluding hydrogens is 470 g/mol. The van der Waals surface area contributed by atoms with Crippen molar-refractivity contribution in [3.05, 3.63) is 76.9 Å². The molecule has 11 heteroatoms. The van der Waals surface area contributed by atoms with E-state index in [2.05, 4.69) is 26.0 Å². The zero-order chi connectivity index (χ0) is 22.3. The third-order valence-corrected chi connectivity index (χ3v) is 6.53. The minimum atomic E-state index is -0.457. The highest BCUT2D eigenvalue weighted by atomic mass is 35.5. The lowest BCUT2D eigenvalue weighted by Gasteiger charge is -2.05. The summed E-state index contributed by atoms with van der Waals surface area (Å²) in [5.41, 5.74) is 1.80. The summed E-state index contributed by atoms with van der Waals surface area (Å²) in [6, 6.07) is 18.2. The van der Waals surface area contributed by atoms with Crippen LogP contribution in [-0.2, 0) is 11.3 Å². The number of thioether (sulfide) groups is 1. The summed E-state index contributed by atoms with van der Waals surface area (Å²) in [7, 11) is 0. The molecule has 2 heterocycles. The van der Waals surface area contributed by atoms with Crippen molar-refractivity contribution in [3.8, 4) is 11.3 Å². The lowest BCUT2D eigenvalue weighted by Crippen LogP contribution is -2.24. The smallest absolute Gasteiger partial charge is 0.279 e. The van der Waals surface area contributed by atoms with Gasteiger partial charge in [-0.1, -0.05) is 88.4 Å². The molecule has 8 nitrogen and oxygen atoms in total. The largest absolute Gasteiger partial charge is 0.355 e. The number of hydrogen-bond acceptors (Lipinski definition) is 8. The first kappa shape index (κ1) is 22.0. The van der Waals surface area contributed by atoms with Gasteiger partial charge in [0.15, 0.2) is 15.8 Å². The Balaban J connectivity index is 1.26. The molecule has 0 bridgehead atoms. The maximum absolute atomic E-state index is 12.4. The lowest BCUT2D eigenvalue weighted by atomic mass is 10.1. The molecular formula is C21H16ClN5O3S2. The van der Waals surface area contributed by atoms with Crippen LogP contribution in [0.15, 0.2) is 69.5 Å². The fourth-order valence-electron chi connectivity index (χ4n) is 2.61. The van der Waals surface area contributed by atoms with Crippen molar-refractivity contribution >= 4 is 51.6 Å². The number of anilines is 1. The van der Waals surface area contributed by atoms with Gasteiger partial charge in [0.25, 0.3) is 5.91 Å². The molecule has 4 aromatic rings. The number of halogens is 1. The van der Waals surface area contributed by atoms with Crippen LogP contribution in [0.1, 0.15) is 16.1 Å². The molecule has 162 valence electrons. The predicted molar refractivity (Wildman–Crippen MR) is 124 cm³/mol. The monoisotopic (exact) mass is 485 g/mol. The van der Waals surface area contributed by atoms with Crippen molar-refractivity contribution in [2.45, 2.75) is 10.9 Å². The maximum atomic E-state index is 12.4.